The highest BCUT2D eigenvalue weighted by atomic mass is 32.2. The van der Waals surface area contributed by atoms with Crippen LogP contribution in [0.2, 0.25) is 0 Å². The lowest BCUT2D eigenvalue weighted by atomic mass is 10.0. The van der Waals surface area contributed by atoms with E-state index < -0.39 is 0 Å². The third-order valence-corrected chi connectivity index (χ3v) is 6.03. The summed E-state index contributed by atoms with van der Waals surface area (Å²) >= 11 is 1.96. The zero-order valence-electron chi connectivity index (χ0n) is 15.6. The van der Waals surface area contributed by atoms with Crippen LogP contribution in [0.5, 0.6) is 0 Å². The zero-order valence-corrected chi connectivity index (χ0v) is 16.4. The molecule has 0 spiro atoms. The normalized spacial score (nSPS) is 17.2. The molecular formula is C20H33N3OS. The first-order valence-electron chi connectivity index (χ1n) is 9.58. The number of nitrogens with zero attached hydrogens (tertiary/aromatic N) is 1. The van der Waals surface area contributed by atoms with Crippen molar-refractivity contribution in [2.45, 2.75) is 55.6 Å². The maximum atomic E-state index is 9.21. The van der Waals surface area contributed by atoms with Crippen molar-refractivity contribution in [1.29, 1.82) is 0 Å². The number of thioether (sulfide) groups is 1. The van der Waals surface area contributed by atoms with Gasteiger partial charge in [0, 0.05) is 29.3 Å². The molecule has 2 rings (SSSR count). The molecule has 0 bridgehead atoms. The second-order valence-corrected chi connectivity index (χ2v) is 8.38. The first kappa shape index (κ1) is 20.1. The van der Waals surface area contributed by atoms with Gasteiger partial charge in [0.05, 0.1) is 6.54 Å². The molecule has 1 aromatic carbocycles. The number of rotatable bonds is 11. The molecule has 0 radical (unpaired) electrons. The summed E-state index contributed by atoms with van der Waals surface area (Å²) in [6.07, 6.45) is 5.61. The summed E-state index contributed by atoms with van der Waals surface area (Å²) in [6.45, 7) is 7.14. The fraction of sp³-hybridized carbons (Fsp3) is 0.650. The van der Waals surface area contributed by atoms with Crippen LogP contribution in [-0.4, -0.2) is 42.1 Å². The summed E-state index contributed by atoms with van der Waals surface area (Å²) in [6, 6.07) is 10.6. The molecule has 0 heterocycles. The smallest absolute Gasteiger partial charge is 0.191 e. The number of aliphatic imine (C=N–C) groups is 1. The Morgan fingerprint density at radius 2 is 1.96 bits per heavy atom. The molecule has 1 unspecified atom stereocenters. The molecule has 1 aliphatic carbocycles. The van der Waals surface area contributed by atoms with E-state index in [1.54, 1.807) is 0 Å². The van der Waals surface area contributed by atoms with E-state index in [1.165, 1.54) is 17.7 Å². The largest absolute Gasteiger partial charge is 0.396 e. The fourth-order valence-corrected chi connectivity index (χ4v) is 4.14. The Morgan fingerprint density at radius 3 is 2.56 bits per heavy atom. The molecule has 140 valence electrons. The van der Waals surface area contributed by atoms with Gasteiger partial charge in [-0.15, -0.1) is 11.8 Å². The van der Waals surface area contributed by atoms with Crippen molar-refractivity contribution in [3.63, 3.8) is 0 Å². The number of nitrogens with one attached hydrogen (secondary N) is 2. The highest BCUT2D eigenvalue weighted by Gasteiger charge is 2.43. The zero-order chi connectivity index (χ0) is 18.0. The minimum absolute atomic E-state index is 0.261. The van der Waals surface area contributed by atoms with Crippen LogP contribution in [0, 0.1) is 5.92 Å². The number of hydrogen-bond donors (Lipinski definition) is 3. The van der Waals surface area contributed by atoms with Gasteiger partial charge < -0.3 is 15.7 Å². The summed E-state index contributed by atoms with van der Waals surface area (Å²) in [4.78, 5) is 6.18. The third-order valence-electron chi connectivity index (χ3n) is 4.55. The standard InChI is InChI=1S/C20H33N3OS/c1-3-8-17(11-14-24)15-22-19(21-4-2)23-16-20(12-13-20)25-18-9-6-5-7-10-18/h5-7,9-10,17,24H,3-4,8,11-16H2,1-2H3,(H2,21,22,23). The predicted octanol–water partition coefficient (Wildman–Crippen LogP) is 3.67. The van der Waals surface area contributed by atoms with Crippen molar-refractivity contribution in [2.24, 2.45) is 10.9 Å². The number of aliphatic hydroxyl groups is 1. The monoisotopic (exact) mass is 363 g/mol. The fourth-order valence-electron chi connectivity index (χ4n) is 2.92. The van der Waals surface area contributed by atoms with Gasteiger partial charge in [-0.2, -0.15) is 0 Å². The molecule has 0 amide bonds. The van der Waals surface area contributed by atoms with E-state index in [0.717, 1.165) is 44.9 Å². The topological polar surface area (TPSA) is 56.6 Å². The average molecular weight is 364 g/mol. The lowest BCUT2D eigenvalue weighted by Gasteiger charge is -2.19. The van der Waals surface area contributed by atoms with Gasteiger partial charge in [0.1, 0.15) is 0 Å². The molecule has 0 aliphatic heterocycles. The second kappa shape index (κ2) is 10.7. The molecule has 3 N–H and O–H groups in total. The van der Waals surface area contributed by atoms with Gasteiger partial charge in [-0.05, 0) is 50.7 Å². The van der Waals surface area contributed by atoms with Gasteiger partial charge in [-0.3, -0.25) is 4.99 Å². The lowest BCUT2D eigenvalue weighted by Crippen LogP contribution is -2.40. The van der Waals surface area contributed by atoms with Gasteiger partial charge >= 0.3 is 0 Å². The molecule has 1 aliphatic rings. The van der Waals surface area contributed by atoms with E-state index in [0.29, 0.717) is 5.92 Å². The highest BCUT2D eigenvalue weighted by Crippen LogP contribution is 2.51. The van der Waals surface area contributed by atoms with Crippen LogP contribution >= 0.6 is 11.8 Å². The van der Waals surface area contributed by atoms with Crippen LogP contribution in [0.4, 0.5) is 0 Å². The van der Waals surface area contributed by atoms with E-state index in [9.17, 15) is 5.11 Å². The van der Waals surface area contributed by atoms with Crippen molar-refractivity contribution in [2.75, 3.05) is 26.2 Å². The Hall–Kier alpha value is -1.20. The number of guanidine groups is 1. The third kappa shape index (κ3) is 7.28. The molecule has 4 nitrogen and oxygen atoms in total. The van der Waals surface area contributed by atoms with Crippen molar-refractivity contribution in [3.05, 3.63) is 30.3 Å². The molecule has 1 fully saturated rings. The Balaban J connectivity index is 1.88. The van der Waals surface area contributed by atoms with Gasteiger partial charge in [-0.1, -0.05) is 31.5 Å². The van der Waals surface area contributed by atoms with Crippen LogP contribution in [0.1, 0.15) is 46.0 Å². The molecule has 0 aromatic heterocycles. The number of aliphatic hydroxyl groups excluding tert-OH is 1. The van der Waals surface area contributed by atoms with E-state index in [4.69, 9.17) is 4.99 Å². The maximum Gasteiger partial charge on any atom is 0.191 e. The van der Waals surface area contributed by atoms with Crippen molar-refractivity contribution >= 4 is 17.7 Å². The van der Waals surface area contributed by atoms with Crippen LogP contribution in [-0.2, 0) is 0 Å². The molecule has 1 aromatic rings. The maximum absolute atomic E-state index is 9.21. The molecule has 1 saturated carbocycles. The van der Waals surface area contributed by atoms with Gasteiger partial charge in [0.2, 0.25) is 0 Å². The van der Waals surface area contributed by atoms with Crippen molar-refractivity contribution < 1.29 is 5.11 Å². The molecule has 5 heteroatoms. The Labute approximate surface area is 156 Å². The van der Waals surface area contributed by atoms with Crippen LogP contribution < -0.4 is 10.6 Å². The summed E-state index contributed by atoms with van der Waals surface area (Å²) in [5, 5.41) is 16.0. The molecule has 0 saturated heterocycles. The summed E-state index contributed by atoms with van der Waals surface area (Å²) in [5.74, 6) is 1.41. The van der Waals surface area contributed by atoms with Gasteiger partial charge in [0.25, 0.3) is 0 Å². The van der Waals surface area contributed by atoms with Gasteiger partial charge in [0.15, 0.2) is 5.96 Å². The molecular weight excluding hydrogens is 330 g/mol. The van der Waals surface area contributed by atoms with Crippen molar-refractivity contribution in [1.82, 2.24) is 10.6 Å². The summed E-state index contributed by atoms with van der Waals surface area (Å²) in [7, 11) is 0. The van der Waals surface area contributed by atoms with E-state index in [2.05, 4.69) is 54.8 Å². The predicted molar refractivity (Wildman–Crippen MR) is 108 cm³/mol. The Bertz CT molecular complexity index is 511. The van der Waals surface area contributed by atoms with Gasteiger partial charge in [-0.25, -0.2) is 0 Å². The quantitative estimate of drug-likeness (QED) is 0.415. The lowest BCUT2D eigenvalue weighted by molar-refractivity contribution is 0.251. The first-order valence-corrected chi connectivity index (χ1v) is 10.4. The SMILES string of the molecule is CCCC(CCO)CNC(=NCC1(Sc2ccccc2)CC1)NCC. The van der Waals surface area contributed by atoms with Crippen molar-refractivity contribution in [3.8, 4) is 0 Å². The van der Waals surface area contributed by atoms with Crippen LogP contribution in [0.25, 0.3) is 0 Å². The minimum Gasteiger partial charge on any atom is -0.396 e. The Morgan fingerprint density at radius 1 is 1.20 bits per heavy atom. The van der Waals surface area contributed by atoms with Crippen LogP contribution in [0.15, 0.2) is 40.2 Å². The second-order valence-electron chi connectivity index (χ2n) is 6.84. The molecule has 25 heavy (non-hydrogen) atoms. The van der Waals surface area contributed by atoms with Crippen LogP contribution in [0.3, 0.4) is 0 Å². The highest BCUT2D eigenvalue weighted by molar-refractivity contribution is 8.01. The number of benzene rings is 1. The number of hydrogen-bond acceptors (Lipinski definition) is 3. The summed E-state index contributed by atoms with van der Waals surface area (Å²) in [5.41, 5.74) is 0. The first-order chi connectivity index (χ1) is 12.2. The minimum atomic E-state index is 0.261. The van der Waals surface area contributed by atoms with E-state index in [1.807, 2.05) is 11.8 Å². The molecule has 1 atom stereocenters. The van der Waals surface area contributed by atoms with E-state index >= 15 is 0 Å². The van der Waals surface area contributed by atoms with E-state index in [-0.39, 0.29) is 11.4 Å². The average Bonchev–Trinajstić information content (AvgIpc) is 3.38. The summed E-state index contributed by atoms with van der Waals surface area (Å²) < 4.78 is 0.275. The Kier molecular flexibility index (Phi) is 8.62.